The lowest BCUT2D eigenvalue weighted by Gasteiger charge is -2.26. The lowest BCUT2D eigenvalue weighted by atomic mass is 10.1. The van der Waals surface area contributed by atoms with Crippen LogP contribution in [-0.2, 0) is 14.8 Å². The third kappa shape index (κ3) is 3.57. The average Bonchev–Trinajstić information content (AvgIpc) is 3.17. The van der Waals surface area contributed by atoms with Gasteiger partial charge in [0.1, 0.15) is 0 Å². The Kier molecular flexibility index (Phi) is 4.87. The number of aromatic amines is 1. The second kappa shape index (κ2) is 7.15. The highest BCUT2D eigenvalue weighted by Gasteiger charge is 2.31. The molecule has 1 N–H and O–H groups in total. The molecule has 1 aromatic heterocycles. The molecule has 2 aromatic rings. The van der Waals surface area contributed by atoms with Crippen molar-refractivity contribution in [2.75, 3.05) is 45.9 Å². The lowest BCUT2D eigenvalue weighted by molar-refractivity contribution is 0.109. The maximum Gasteiger partial charge on any atom is 0.417 e. The van der Waals surface area contributed by atoms with E-state index in [1.54, 1.807) is 6.07 Å². The highest BCUT2D eigenvalue weighted by atomic mass is 32.2. The first-order chi connectivity index (χ1) is 12.5. The van der Waals surface area contributed by atoms with Crippen LogP contribution in [0.25, 0.3) is 11.1 Å². The van der Waals surface area contributed by atoms with Crippen LogP contribution in [-0.4, -0.2) is 68.5 Å². The van der Waals surface area contributed by atoms with E-state index in [0.29, 0.717) is 31.8 Å². The number of likely N-dealkylation sites (tertiary alicyclic amines) is 1. The van der Waals surface area contributed by atoms with Crippen LogP contribution >= 0.6 is 0 Å². The Bertz CT molecular complexity index is 929. The van der Waals surface area contributed by atoms with Gasteiger partial charge >= 0.3 is 5.76 Å². The van der Waals surface area contributed by atoms with Gasteiger partial charge in [-0.05, 0) is 38.1 Å². The summed E-state index contributed by atoms with van der Waals surface area (Å²) < 4.78 is 38.3. The van der Waals surface area contributed by atoms with E-state index >= 15 is 0 Å². The molecule has 2 saturated heterocycles. The first kappa shape index (κ1) is 17.7. The van der Waals surface area contributed by atoms with Crippen molar-refractivity contribution in [2.24, 2.45) is 5.92 Å². The van der Waals surface area contributed by atoms with Crippen molar-refractivity contribution in [2.45, 2.75) is 17.7 Å². The van der Waals surface area contributed by atoms with Gasteiger partial charge in [-0.15, -0.1) is 0 Å². The number of sulfonamides is 1. The molecule has 0 saturated carbocycles. The highest BCUT2D eigenvalue weighted by Crippen LogP contribution is 2.23. The molecule has 9 heteroatoms. The maximum absolute atomic E-state index is 13.1. The largest absolute Gasteiger partial charge is 0.417 e. The van der Waals surface area contributed by atoms with Crippen molar-refractivity contribution in [1.82, 2.24) is 14.2 Å². The fourth-order valence-electron chi connectivity index (χ4n) is 3.74. The molecule has 1 unspecified atom stereocenters. The number of nitrogens with one attached hydrogen (secondary N) is 1. The Morgan fingerprint density at radius 1 is 1.19 bits per heavy atom. The van der Waals surface area contributed by atoms with Gasteiger partial charge in [-0.25, -0.2) is 13.2 Å². The Morgan fingerprint density at radius 3 is 2.81 bits per heavy atom. The number of oxazole rings is 1. The molecule has 26 heavy (non-hydrogen) atoms. The van der Waals surface area contributed by atoms with E-state index in [4.69, 9.17) is 9.15 Å². The summed E-state index contributed by atoms with van der Waals surface area (Å²) in [6.45, 7) is 4.74. The predicted molar refractivity (Wildman–Crippen MR) is 95.6 cm³/mol. The first-order valence-electron chi connectivity index (χ1n) is 8.95. The highest BCUT2D eigenvalue weighted by molar-refractivity contribution is 7.89. The Hall–Kier alpha value is -1.68. The average molecular weight is 381 g/mol. The van der Waals surface area contributed by atoms with Gasteiger partial charge in [-0.1, -0.05) is 0 Å². The second-order valence-electron chi connectivity index (χ2n) is 6.98. The quantitative estimate of drug-likeness (QED) is 0.844. The molecule has 4 rings (SSSR count). The fourth-order valence-corrected chi connectivity index (χ4v) is 5.26. The van der Waals surface area contributed by atoms with Crippen LogP contribution in [0.1, 0.15) is 12.8 Å². The predicted octanol–water partition coefficient (Wildman–Crippen LogP) is 0.854. The van der Waals surface area contributed by atoms with Crippen LogP contribution in [0.4, 0.5) is 0 Å². The molecule has 8 nitrogen and oxygen atoms in total. The molecule has 0 bridgehead atoms. The first-order valence-corrected chi connectivity index (χ1v) is 10.4. The lowest BCUT2D eigenvalue weighted by Crippen LogP contribution is -2.39. The Morgan fingerprint density at radius 2 is 2.00 bits per heavy atom. The van der Waals surface area contributed by atoms with Crippen molar-refractivity contribution in [3.63, 3.8) is 0 Å². The molecule has 2 aliphatic heterocycles. The van der Waals surface area contributed by atoms with Crippen LogP contribution in [0.2, 0.25) is 0 Å². The van der Waals surface area contributed by atoms with Crippen molar-refractivity contribution in [3.8, 4) is 0 Å². The molecular formula is C17H23N3O5S. The minimum Gasteiger partial charge on any atom is -0.408 e. The SMILES string of the molecule is O=c1[nH]c2ccc(S(=O)(=O)N3CCOCC(CN4CCCC4)C3)cc2o1. The maximum atomic E-state index is 13.1. The Labute approximate surface area is 151 Å². The third-order valence-electron chi connectivity index (χ3n) is 5.05. The zero-order valence-corrected chi connectivity index (χ0v) is 15.3. The number of benzene rings is 1. The zero-order chi connectivity index (χ0) is 18.1. The summed E-state index contributed by atoms with van der Waals surface area (Å²) in [4.78, 5) is 16.3. The summed E-state index contributed by atoms with van der Waals surface area (Å²) in [6, 6.07) is 4.47. The smallest absolute Gasteiger partial charge is 0.408 e. The van der Waals surface area contributed by atoms with E-state index in [1.165, 1.54) is 29.3 Å². The number of hydrogen-bond donors (Lipinski definition) is 1. The van der Waals surface area contributed by atoms with Crippen LogP contribution in [0.3, 0.4) is 0 Å². The number of fused-ring (bicyclic) bond motifs is 1. The number of H-pyrrole nitrogens is 1. The van der Waals surface area contributed by atoms with Gasteiger partial charge in [0.05, 0.1) is 23.6 Å². The van der Waals surface area contributed by atoms with Gasteiger partial charge in [0.2, 0.25) is 10.0 Å². The van der Waals surface area contributed by atoms with Crippen LogP contribution in [0, 0.1) is 5.92 Å². The minimum atomic E-state index is -3.68. The van der Waals surface area contributed by atoms with Crippen LogP contribution < -0.4 is 5.76 Å². The number of hydrogen-bond acceptors (Lipinski definition) is 6. The second-order valence-corrected chi connectivity index (χ2v) is 8.92. The van der Waals surface area contributed by atoms with Gasteiger partial charge in [0, 0.05) is 31.6 Å². The molecule has 0 aliphatic carbocycles. The van der Waals surface area contributed by atoms with E-state index in [-0.39, 0.29) is 16.4 Å². The fraction of sp³-hybridized carbons (Fsp3) is 0.588. The molecule has 2 aliphatic rings. The van der Waals surface area contributed by atoms with Crippen molar-refractivity contribution in [1.29, 1.82) is 0 Å². The number of aromatic nitrogens is 1. The van der Waals surface area contributed by atoms with Crippen molar-refractivity contribution in [3.05, 3.63) is 28.7 Å². The molecule has 0 amide bonds. The van der Waals surface area contributed by atoms with E-state index in [1.807, 2.05) is 0 Å². The summed E-state index contributed by atoms with van der Waals surface area (Å²) in [5.41, 5.74) is 0.732. The monoisotopic (exact) mass is 381 g/mol. The summed E-state index contributed by atoms with van der Waals surface area (Å²) in [6.07, 6.45) is 2.41. The van der Waals surface area contributed by atoms with Crippen LogP contribution in [0.15, 0.2) is 32.3 Å². The number of nitrogens with zero attached hydrogens (tertiary/aromatic N) is 2. The standard InChI is InChI=1S/C17H23N3O5S/c21-17-18-15-4-3-14(9-16(15)25-17)26(22,23)20-7-8-24-12-13(11-20)10-19-5-1-2-6-19/h3-4,9,13H,1-2,5-8,10-12H2,(H,18,21). The summed E-state index contributed by atoms with van der Waals surface area (Å²) in [5, 5.41) is 0. The van der Waals surface area contributed by atoms with Gasteiger partial charge in [-0.2, -0.15) is 4.31 Å². The molecular weight excluding hydrogens is 358 g/mol. The zero-order valence-electron chi connectivity index (χ0n) is 14.5. The van der Waals surface area contributed by atoms with Gasteiger partial charge in [0.15, 0.2) is 5.58 Å². The van der Waals surface area contributed by atoms with E-state index < -0.39 is 15.8 Å². The van der Waals surface area contributed by atoms with E-state index in [0.717, 1.165) is 19.6 Å². The molecule has 3 heterocycles. The molecule has 2 fully saturated rings. The van der Waals surface area contributed by atoms with Crippen molar-refractivity contribution < 1.29 is 17.6 Å². The van der Waals surface area contributed by atoms with Crippen LogP contribution in [0.5, 0.6) is 0 Å². The summed E-state index contributed by atoms with van der Waals surface area (Å²) >= 11 is 0. The molecule has 1 aromatic carbocycles. The van der Waals surface area contributed by atoms with Gasteiger partial charge < -0.3 is 14.1 Å². The molecule has 0 spiro atoms. The van der Waals surface area contributed by atoms with Gasteiger partial charge in [0.25, 0.3) is 0 Å². The molecule has 1 atom stereocenters. The van der Waals surface area contributed by atoms with E-state index in [2.05, 4.69) is 9.88 Å². The molecule has 0 radical (unpaired) electrons. The summed E-state index contributed by atoms with van der Waals surface area (Å²) in [7, 11) is -3.68. The topological polar surface area (TPSA) is 95.8 Å². The minimum absolute atomic E-state index is 0.134. The normalized spacial score (nSPS) is 23.5. The van der Waals surface area contributed by atoms with Crippen molar-refractivity contribution >= 4 is 21.1 Å². The molecule has 142 valence electrons. The summed E-state index contributed by atoms with van der Waals surface area (Å²) in [5.74, 6) is -0.442. The number of ether oxygens (including phenoxy) is 1. The van der Waals surface area contributed by atoms with E-state index in [9.17, 15) is 13.2 Å². The third-order valence-corrected chi connectivity index (χ3v) is 6.91. The Balaban J connectivity index is 1.56. The van der Waals surface area contributed by atoms with Gasteiger partial charge in [-0.3, -0.25) is 4.98 Å². The number of rotatable bonds is 4.